The normalized spacial score (nSPS) is 12.4. The maximum absolute atomic E-state index is 7.30. The van der Waals surface area contributed by atoms with E-state index in [-0.39, 0.29) is 11.5 Å². The number of hydrogen-bond donors (Lipinski definition) is 3. The molecule has 0 amide bonds. The zero-order valence-corrected chi connectivity index (χ0v) is 10.8. The minimum absolute atomic E-state index is 0.139. The maximum atomic E-state index is 7.30. The number of rotatable bonds is 5. The third-order valence-corrected chi connectivity index (χ3v) is 2.58. The van der Waals surface area contributed by atoms with E-state index in [0.29, 0.717) is 18.0 Å². The molecule has 1 aromatic carbocycles. The summed E-state index contributed by atoms with van der Waals surface area (Å²) in [6, 6.07) is 11.5. The van der Waals surface area contributed by atoms with Crippen molar-refractivity contribution in [2.24, 2.45) is 16.5 Å². The minimum atomic E-state index is -0.207. The third kappa shape index (κ3) is 3.55. The largest absolute Gasteiger partial charge is 0.396 e. The van der Waals surface area contributed by atoms with E-state index < -0.39 is 0 Å². The van der Waals surface area contributed by atoms with Crippen LogP contribution in [-0.2, 0) is 6.54 Å². The van der Waals surface area contributed by atoms with Crippen LogP contribution in [0, 0.1) is 5.41 Å². The average molecular weight is 269 g/mol. The lowest BCUT2D eigenvalue weighted by Gasteiger charge is -2.01. The van der Waals surface area contributed by atoms with Gasteiger partial charge in [0, 0.05) is 6.07 Å². The van der Waals surface area contributed by atoms with Crippen molar-refractivity contribution in [2.75, 3.05) is 0 Å². The molecule has 6 heteroatoms. The predicted molar refractivity (Wildman–Crippen MR) is 77.4 cm³/mol. The van der Waals surface area contributed by atoms with Crippen LogP contribution in [0.4, 0.5) is 0 Å². The number of nitrogens with two attached hydrogens (primary N) is 2. The Morgan fingerprint density at radius 3 is 2.60 bits per heavy atom. The molecule has 0 aliphatic rings. The van der Waals surface area contributed by atoms with Gasteiger partial charge < -0.3 is 16.0 Å². The van der Waals surface area contributed by atoms with Gasteiger partial charge in [-0.1, -0.05) is 35.5 Å². The first-order valence-electron chi connectivity index (χ1n) is 5.97. The van der Waals surface area contributed by atoms with Crippen molar-refractivity contribution in [2.45, 2.75) is 6.54 Å². The molecule has 6 nitrogen and oxygen atoms in total. The van der Waals surface area contributed by atoms with Gasteiger partial charge in [0.15, 0.2) is 0 Å². The highest BCUT2D eigenvalue weighted by Gasteiger charge is 2.06. The lowest BCUT2D eigenvalue weighted by Crippen LogP contribution is -2.20. The number of aromatic nitrogens is 1. The van der Waals surface area contributed by atoms with Gasteiger partial charge >= 0.3 is 0 Å². The molecule has 2 rings (SSSR count). The summed E-state index contributed by atoms with van der Waals surface area (Å²) in [4.78, 5) is 4.44. The first-order chi connectivity index (χ1) is 9.66. The van der Waals surface area contributed by atoms with E-state index in [1.807, 2.05) is 30.3 Å². The molecule has 0 atom stereocenters. The summed E-state index contributed by atoms with van der Waals surface area (Å²) in [6.07, 6.45) is 2.97. The quantitative estimate of drug-likeness (QED) is 0.562. The Hall–Kier alpha value is -2.89. The van der Waals surface area contributed by atoms with Crippen LogP contribution in [0.2, 0.25) is 0 Å². The van der Waals surface area contributed by atoms with Crippen molar-refractivity contribution in [3.8, 4) is 0 Å². The van der Waals surface area contributed by atoms with Crippen LogP contribution in [-0.4, -0.2) is 16.7 Å². The maximum Gasteiger partial charge on any atom is 0.139 e. The first-order valence-corrected chi connectivity index (χ1v) is 5.97. The average Bonchev–Trinajstić information content (AvgIpc) is 2.98. The number of aliphatic imine (C=N–C) groups is 1. The summed E-state index contributed by atoms with van der Waals surface area (Å²) in [5.74, 6) is -0.207. The number of nitrogens with one attached hydrogen (secondary N) is 1. The van der Waals surface area contributed by atoms with Crippen LogP contribution in [0.25, 0.3) is 0 Å². The second-order valence-corrected chi connectivity index (χ2v) is 4.09. The fourth-order valence-corrected chi connectivity index (χ4v) is 1.53. The summed E-state index contributed by atoms with van der Waals surface area (Å²) in [7, 11) is 0. The highest BCUT2D eigenvalue weighted by Crippen LogP contribution is 2.06. The molecule has 0 aliphatic heterocycles. The molecule has 102 valence electrons. The van der Waals surface area contributed by atoms with Crippen molar-refractivity contribution in [3.63, 3.8) is 0 Å². The lowest BCUT2D eigenvalue weighted by atomic mass is 10.2. The molecule has 0 saturated heterocycles. The zero-order chi connectivity index (χ0) is 14.4. The molecular weight excluding hydrogens is 254 g/mol. The van der Waals surface area contributed by atoms with E-state index in [4.69, 9.17) is 21.4 Å². The summed E-state index contributed by atoms with van der Waals surface area (Å²) < 4.78 is 4.80. The van der Waals surface area contributed by atoms with Crippen LogP contribution in [0.5, 0.6) is 0 Å². The van der Waals surface area contributed by atoms with Crippen molar-refractivity contribution in [1.29, 1.82) is 5.41 Å². The summed E-state index contributed by atoms with van der Waals surface area (Å²) in [5, 5.41) is 11.1. The Bertz CT molecular complexity index is 629. The molecule has 0 spiro atoms. The number of nitrogens with zero attached hydrogens (tertiary/aromatic N) is 2. The highest BCUT2D eigenvalue weighted by atomic mass is 16.5. The van der Waals surface area contributed by atoms with Gasteiger partial charge in [0.2, 0.25) is 0 Å². The smallest absolute Gasteiger partial charge is 0.139 e. The Kier molecular flexibility index (Phi) is 4.28. The van der Waals surface area contributed by atoms with Gasteiger partial charge in [-0.15, -0.1) is 0 Å². The Balaban J connectivity index is 2.28. The highest BCUT2D eigenvalue weighted by molar-refractivity contribution is 6.11. The van der Waals surface area contributed by atoms with E-state index in [1.165, 1.54) is 12.3 Å². The minimum Gasteiger partial charge on any atom is -0.396 e. The molecule has 5 N–H and O–H groups in total. The van der Waals surface area contributed by atoms with Crippen molar-refractivity contribution in [3.05, 3.63) is 65.7 Å². The number of allylic oxidation sites excluding steroid dienone is 1. The summed E-state index contributed by atoms with van der Waals surface area (Å²) in [6.45, 7) is 0.477. The number of benzene rings is 1. The summed E-state index contributed by atoms with van der Waals surface area (Å²) >= 11 is 0. The molecule has 0 fully saturated rings. The van der Waals surface area contributed by atoms with Crippen molar-refractivity contribution < 1.29 is 4.52 Å². The molecule has 2 aromatic rings. The molecule has 1 aromatic heterocycles. The van der Waals surface area contributed by atoms with Gasteiger partial charge in [0.1, 0.15) is 17.8 Å². The number of amidine groups is 1. The van der Waals surface area contributed by atoms with Crippen LogP contribution in [0.1, 0.15) is 11.3 Å². The van der Waals surface area contributed by atoms with Crippen LogP contribution in [0.3, 0.4) is 0 Å². The standard InChI is InChI=1S/C14H15N5O/c15-11(14(16)17)8-13(12-6-7-20-19-12)18-9-10-4-2-1-3-5-10/h1-8H,9,15H2,(H3,16,17)/b11-8-,18-13?. The first kappa shape index (κ1) is 13.5. The topological polar surface area (TPSA) is 114 Å². The molecule has 0 radical (unpaired) electrons. The van der Waals surface area contributed by atoms with Crippen LogP contribution < -0.4 is 11.5 Å². The van der Waals surface area contributed by atoms with Gasteiger partial charge in [-0.3, -0.25) is 10.4 Å². The van der Waals surface area contributed by atoms with Crippen molar-refractivity contribution in [1.82, 2.24) is 5.16 Å². The fraction of sp³-hybridized carbons (Fsp3) is 0.0714. The third-order valence-electron chi connectivity index (χ3n) is 2.58. The van der Waals surface area contributed by atoms with Gasteiger partial charge in [-0.25, -0.2) is 0 Å². The lowest BCUT2D eigenvalue weighted by molar-refractivity contribution is 0.418. The van der Waals surface area contributed by atoms with E-state index in [2.05, 4.69) is 10.1 Å². The number of hydrogen-bond acceptors (Lipinski definition) is 5. The Labute approximate surface area is 116 Å². The Morgan fingerprint density at radius 2 is 2.00 bits per heavy atom. The van der Waals surface area contributed by atoms with Crippen LogP contribution >= 0.6 is 0 Å². The molecular formula is C14H15N5O. The summed E-state index contributed by atoms with van der Waals surface area (Å²) in [5.41, 5.74) is 13.3. The van der Waals surface area contributed by atoms with Gasteiger partial charge in [0.05, 0.1) is 18.0 Å². The second kappa shape index (κ2) is 6.33. The fourth-order valence-electron chi connectivity index (χ4n) is 1.53. The molecule has 0 aliphatic carbocycles. The predicted octanol–water partition coefficient (Wildman–Crippen LogP) is 1.44. The molecule has 0 bridgehead atoms. The second-order valence-electron chi connectivity index (χ2n) is 4.09. The van der Waals surface area contributed by atoms with Gasteiger partial charge in [-0.05, 0) is 11.6 Å². The molecule has 1 heterocycles. The van der Waals surface area contributed by atoms with E-state index in [1.54, 1.807) is 6.07 Å². The van der Waals surface area contributed by atoms with Crippen molar-refractivity contribution >= 4 is 11.5 Å². The monoisotopic (exact) mass is 269 g/mol. The van der Waals surface area contributed by atoms with E-state index in [0.717, 1.165) is 5.56 Å². The van der Waals surface area contributed by atoms with E-state index >= 15 is 0 Å². The molecule has 20 heavy (non-hydrogen) atoms. The molecule has 0 saturated carbocycles. The van der Waals surface area contributed by atoms with E-state index in [9.17, 15) is 0 Å². The molecule has 0 unspecified atom stereocenters. The Morgan fingerprint density at radius 1 is 1.25 bits per heavy atom. The van der Waals surface area contributed by atoms with Gasteiger partial charge in [-0.2, -0.15) is 0 Å². The van der Waals surface area contributed by atoms with Gasteiger partial charge in [0.25, 0.3) is 0 Å². The van der Waals surface area contributed by atoms with Crippen LogP contribution in [0.15, 0.2) is 63.9 Å². The zero-order valence-electron chi connectivity index (χ0n) is 10.8. The SMILES string of the molecule is N=C(N)/C(N)=C/C(=NCc1ccccc1)c1ccon1.